The molecular weight excluding hydrogens is 397 g/mol. The first kappa shape index (κ1) is 20.1. The molecule has 3 aromatic rings. The van der Waals surface area contributed by atoms with E-state index in [1.165, 1.54) is 0 Å². The summed E-state index contributed by atoms with van der Waals surface area (Å²) in [5, 5.41) is 3.67. The smallest absolute Gasteiger partial charge is 0.265 e. The summed E-state index contributed by atoms with van der Waals surface area (Å²) in [6.45, 7) is 2.10. The van der Waals surface area contributed by atoms with E-state index in [-0.39, 0.29) is 5.91 Å². The van der Waals surface area contributed by atoms with E-state index in [9.17, 15) is 4.79 Å². The maximum absolute atomic E-state index is 12.4. The summed E-state index contributed by atoms with van der Waals surface area (Å²) in [6.07, 6.45) is -0.743. The third-order valence-corrected chi connectivity index (χ3v) is 4.45. The molecule has 0 heterocycles. The Kier molecular flexibility index (Phi) is 6.80. The van der Waals surface area contributed by atoms with Gasteiger partial charge >= 0.3 is 0 Å². The zero-order valence-corrected chi connectivity index (χ0v) is 16.7. The SMILES string of the molecule is CC(Oc1ccc(Cl)cc1Cl)C(=O)Nc1cccc(OCc2ccccc2)c1. The second-order valence-corrected chi connectivity index (χ2v) is 6.97. The fourth-order valence-corrected chi connectivity index (χ4v) is 2.92. The first-order valence-electron chi connectivity index (χ1n) is 8.70. The summed E-state index contributed by atoms with van der Waals surface area (Å²) >= 11 is 12.0. The molecule has 0 saturated heterocycles. The first-order chi connectivity index (χ1) is 13.5. The third-order valence-electron chi connectivity index (χ3n) is 3.92. The summed E-state index contributed by atoms with van der Waals surface area (Å²) in [5.74, 6) is 0.760. The highest BCUT2D eigenvalue weighted by Gasteiger charge is 2.16. The van der Waals surface area contributed by atoms with Gasteiger partial charge < -0.3 is 14.8 Å². The van der Waals surface area contributed by atoms with Gasteiger partial charge in [-0.2, -0.15) is 0 Å². The van der Waals surface area contributed by atoms with Crippen LogP contribution in [0.15, 0.2) is 72.8 Å². The Bertz CT molecular complexity index is 948. The third kappa shape index (κ3) is 5.65. The molecule has 0 aromatic heterocycles. The zero-order valence-electron chi connectivity index (χ0n) is 15.2. The van der Waals surface area contributed by atoms with Crippen molar-refractivity contribution in [2.75, 3.05) is 5.32 Å². The molecule has 28 heavy (non-hydrogen) atoms. The van der Waals surface area contributed by atoms with Gasteiger partial charge in [-0.3, -0.25) is 4.79 Å². The standard InChI is InChI=1S/C22H19Cl2NO3/c1-15(28-21-11-10-17(23)12-20(21)24)22(26)25-18-8-5-9-19(13-18)27-14-16-6-3-2-4-7-16/h2-13,15H,14H2,1H3,(H,25,26). The number of carbonyl (C=O) groups excluding carboxylic acids is 1. The normalized spacial score (nSPS) is 11.5. The summed E-state index contributed by atoms with van der Waals surface area (Å²) in [7, 11) is 0. The number of nitrogens with one attached hydrogen (secondary N) is 1. The minimum atomic E-state index is -0.743. The molecule has 3 aromatic carbocycles. The van der Waals surface area contributed by atoms with Crippen LogP contribution < -0.4 is 14.8 Å². The Balaban J connectivity index is 1.58. The van der Waals surface area contributed by atoms with Crippen LogP contribution in [0, 0.1) is 0 Å². The van der Waals surface area contributed by atoms with Crippen LogP contribution in [0.3, 0.4) is 0 Å². The highest BCUT2D eigenvalue weighted by molar-refractivity contribution is 6.35. The van der Waals surface area contributed by atoms with Crippen LogP contribution in [0.5, 0.6) is 11.5 Å². The van der Waals surface area contributed by atoms with Crippen molar-refractivity contribution in [3.05, 3.63) is 88.4 Å². The molecule has 0 aliphatic heterocycles. The van der Waals surface area contributed by atoms with Crippen LogP contribution >= 0.6 is 23.2 Å². The molecule has 1 amide bonds. The number of hydrogen-bond acceptors (Lipinski definition) is 3. The van der Waals surface area contributed by atoms with E-state index in [2.05, 4.69) is 5.32 Å². The monoisotopic (exact) mass is 415 g/mol. The van der Waals surface area contributed by atoms with E-state index in [1.54, 1.807) is 37.3 Å². The summed E-state index contributed by atoms with van der Waals surface area (Å²) in [4.78, 5) is 12.4. The molecule has 0 aliphatic carbocycles. The molecule has 1 N–H and O–H groups in total. The zero-order chi connectivity index (χ0) is 19.9. The Morgan fingerprint density at radius 3 is 2.54 bits per heavy atom. The van der Waals surface area contributed by atoms with E-state index in [1.807, 2.05) is 42.5 Å². The fourth-order valence-electron chi connectivity index (χ4n) is 2.46. The molecule has 1 atom stereocenters. The van der Waals surface area contributed by atoms with Gasteiger partial charge in [0.1, 0.15) is 18.1 Å². The molecule has 0 saturated carbocycles. The number of ether oxygens (including phenoxy) is 2. The van der Waals surface area contributed by atoms with Crippen LogP contribution in [0.1, 0.15) is 12.5 Å². The average molecular weight is 416 g/mol. The number of hydrogen-bond donors (Lipinski definition) is 1. The minimum absolute atomic E-state index is 0.300. The lowest BCUT2D eigenvalue weighted by atomic mass is 10.2. The van der Waals surface area contributed by atoms with Crippen molar-refractivity contribution in [3.8, 4) is 11.5 Å². The van der Waals surface area contributed by atoms with Crippen LogP contribution in [0.4, 0.5) is 5.69 Å². The number of carbonyl (C=O) groups is 1. The Morgan fingerprint density at radius 1 is 1.00 bits per heavy atom. The van der Waals surface area contributed by atoms with Gasteiger partial charge in [-0.25, -0.2) is 0 Å². The quantitative estimate of drug-likeness (QED) is 0.516. The minimum Gasteiger partial charge on any atom is -0.489 e. The molecule has 0 fully saturated rings. The lowest BCUT2D eigenvalue weighted by molar-refractivity contribution is -0.122. The van der Waals surface area contributed by atoms with Gasteiger partial charge in [0.15, 0.2) is 6.10 Å². The van der Waals surface area contributed by atoms with Gasteiger partial charge in [-0.05, 0) is 42.8 Å². The van der Waals surface area contributed by atoms with Gasteiger partial charge in [-0.1, -0.05) is 59.6 Å². The van der Waals surface area contributed by atoms with Crippen LogP contribution in [0.25, 0.3) is 0 Å². The molecule has 0 spiro atoms. The van der Waals surface area contributed by atoms with Gasteiger partial charge in [0.2, 0.25) is 0 Å². The van der Waals surface area contributed by atoms with Gasteiger partial charge in [0.25, 0.3) is 5.91 Å². The number of amides is 1. The van der Waals surface area contributed by atoms with E-state index < -0.39 is 6.10 Å². The van der Waals surface area contributed by atoms with Crippen molar-refractivity contribution in [1.29, 1.82) is 0 Å². The van der Waals surface area contributed by atoms with Gasteiger partial charge in [0, 0.05) is 16.8 Å². The molecule has 6 heteroatoms. The van der Waals surface area contributed by atoms with Crippen molar-refractivity contribution in [2.24, 2.45) is 0 Å². The Hall–Kier alpha value is -2.69. The number of anilines is 1. The second-order valence-electron chi connectivity index (χ2n) is 6.13. The maximum atomic E-state index is 12.4. The van der Waals surface area contributed by atoms with E-state index in [4.69, 9.17) is 32.7 Å². The lowest BCUT2D eigenvalue weighted by Crippen LogP contribution is -2.30. The van der Waals surface area contributed by atoms with Crippen molar-refractivity contribution in [1.82, 2.24) is 0 Å². The second kappa shape index (κ2) is 9.49. The molecule has 0 bridgehead atoms. The van der Waals surface area contributed by atoms with Gasteiger partial charge in [-0.15, -0.1) is 0 Å². The molecule has 144 valence electrons. The number of rotatable bonds is 7. The van der Waals surface area contributed by atoms with Crippen LogP contribution in [0.2, 0.25) is 10.0 Å². The van der Waals surface area contributed by atoms with E-state index in [0.29, 0.717) is 33.8 Å². The summed E-state index contributed by atoms with van der Waals surface area (Å²) in [5.41, 5.74) is 1.69. The molecule has 4 nitrogen and oxygen atoms in total. The Morgan fingerprint density at radius 2 is 1.79 bits per heavy atom. The highest BCUT2D eigenvalue weighted by atomic mass is 35.5. The molecule has 0 radical (unpaired) electrons. The maximum Gasteiger partial charge on any atom is 0.265 e. The largest absolute Gasteiger partial charge is 0.489 e. The average Bonchev–Trinajstić information content (AvgIpc) is 2.69. The number of benzene rings is 3. The van der Waals surface area contributed by atoms with Crippen molar-refractivity contribution >= 4 is 34.8 Å². The topological polar surface area (TPSA) is 47.6 Å². The van der Waals surface area contributed by atoms with Gasteiger partial charge in [0.05, 0.1) is 5.02 Å². The van der Waals surface area contributed by atoms with Crippen molar-refractivity contribution < 1.29 is 14.3 Å². The lowest BCUT2D eigenvalue weighted by Gasteiger charge is -2.16. The Labute approximate surface area is 174 Å². The summed E-state index contributed by atoms with van der Waals surface area (Å²) < 4.78 is 11.4. The van der Waals surface area contributed by atoms with E-state index in [0.717, 1.165) is 5.56 Å². The van der Waals surface area contributed by atoms with Crippen molar-refractivity contribution in [2.45, 2.75) is 19.6 Å². The first-order valence-corrected chi connectivity index (χ1v) is 9.46. The van der Waals surface area contributed by atoms with Crippen LogP contribution in [-0.4, -0.2) is 12.0 Å². The predicted octanol–water partition coefficient (Wildman–Crippen LogP) is 5.98. The summed E-state index contributed by atoms with van der Waals surface area (Å²) in [6, 6.07) is 21.9. The predicted molar refractivity (Wildman–Crippen MR) is 112 cm³/mol. The van der Waals surface area contributed by atoms with E-state index >= 15 is 0 Å². The number of halogens is 2. The molecule has 0 aliphatic rings. The molecule has 1 unspecified atom stereocenters. The van der Waals surface area contributed by atoms with Crippen molar-refractivity contribution in [3.63, 3.8) is 0 Å². The fraction of sp³-hybridized carbons (Fsp3) is 0.136. The molecular formula is C22H19Cl2NO3. The van der Waals surface area contributed by atoms with Crippen LogP contribution in [-0.2, 0) is 11.4 Å². The molecule has 3 rings (SSSR count). The highest BCUT2D eigenvalue weighted by Crippen LogP contribution is 2.28.